The van der Waals surface area contributed by atoms with Crippen LogP contribution in [0.2, 0.25) is 0 Å². The van der Waals surface area contributed by atoms with E-state index in [9.17, 15) is 4.79 Å². The fourth-order valence-corrected chi connectivity index (χ4v) is 3.69. The van der Waals surface area contributed by atoms with E-state index in [4.69, 9.17) is 9.84 Å². The number of fused-ring (bicyclic) bond motifs is 1. The molecule has 0 aliphatic heterocycles. The Labute approximate surface area is 194 Å². The van der Waals surface area contributed by atoms with Crippen LogP contribution < -0.4 is 20.3 Å². The molecule has 1 amide bonds. The number of hydrogen-bond donors (Lipinski definition) is 2. The van der Waals surface area contributed by atoms with Crippen LogP contribution in [0.1, 0.15) is 24.5 Å². The third-order valence-electron chi connectivity index (χ3n) is 5.72. The minimum atomic E-state index is -0.285. The van der Waals surface area contributed by atoms with E-state index in [1.54, 1.807) is 13.3 Å². The van der Waals surface area contributed by atoms with Gasteiger partial charge in [0.05, 0.1) is 35.9 Å². The lowest BCUT2D eigenvalue weighted by molar-refractivity contribution is -0.111. The van der Waals surface area contributed by atoms with E-state index in [0.717, 1.165) is 24.3 Å². The van der Waals surface area contributed by atoms with Gasteiger partial charge in [-0.2, -0.15) is 0 Å². The number of nitrogens with zero attached hydrogens (tertiary/aromatic N) is 5. The molecule has 174 valence electrons. The quantitative estimate of drug-likeness (QED) is 0.458. The summed E-state index contributed by atoms with van der Waals surface area (Å²) in [6, 6.07) is 7.90. The largest absolute Gasteiger partial charge is 0.494 e. The highest BCUT2D eigenvalue weighted by atomic mass is 16.5. The molecule has 0 spiro atoms. The average Bonchev–Trinajstić information content (AvgIpc) is 3.56. The zero-order valence-electron chi connectivity index (χ0n) is 19.6. The molecule has 33 heavy (non-hydrogen) atoms. The van der Waals surface area contributed by atoms with Crippen LogP contribution >= 0.6 is 0 Å². The maximum absolute atomic E-state index is 12.1. The number of amides is 1. The second-order valence-electron chi connectivity index (χ2n) is 8.56. The van der Waals surface area contributed by atoms with Gasteiger partial charge < -0.3 is 25.2 Å². The van der Waals surface area contributed by atoms with E-state index in [1.165, 1.54) is 24.6 Å². The van der Waals surface area contributed by atoms with Gasteiger partial charge in [0, 0.05) is 37.8 Å². The van der Waals surface area contributed by atoms with E-state index >= 15 is 0 Å². The van der Waals surface area contributed by atoms with Gasteiger partial charge in [-0.15, -0.1) is 5.10 Å². The monoisotopic (exact) mass is 449 g/mol. The second-order valence-corrected chi connectivity index (χ2v) is 8.56. The van der Waals surface area contributed by atoms with E-state index in [-0.39, 0.29) is 5.91 Å². The van der Waals surface area contributed by atoms with Crippen LogP contribution in [0.4, 0.5) is 23.0 Å². The number of ether oxygens (including phenoxy) is 1. The number of benzene rings is 1. The molecule has 2 heterocycles. The Morgan fingerprint density at radius 2 is 2.03 bits per heavy atom. The first-order valence-corrected chi connectivity index (χ1v) is 11.0. The van der Waals surface area contributed by atoms with E-state index in [0.29, 0.717) is 29.0 Å². The van der Waals surface area contributed by atoms with Crippen molar-refractivity contribution < 1.29 is 9.53 Å². The Kier molecular flexibility index (Phi) is 6.50. The normalized spacial score (nSPS) is 13.2. The van der Waals surface area contributed by atoms with Crippen LogP contribution in [-0.2, 0) is 4.79 Å². The molecule has 0 bridgehead atoms. The van der Waals surface area contributed by atoms with Crippen molar-refractivity contribution in [3.8, 4) is 5.75 Å². The summed E-state index contributed by atoms with van der Waals surface area (Å²) in [7, 11) is 7.65. The molecule has 0 atom stereocenters. The van der Waals surface area contributed by atoms with Crippen LogP contribution in [0.25, 0.3) is 5.52 Å². The smallest absolute Gasteiger partial charge is 0.247 e. The highest BCUT2D eigenvalue weighted by Gasteiger charge is 2.27. The van der Waals surface area contributed by atoms with Crippen molar-refractivity contribution in [1.29, 1.82) is 0 Å². The van der Waals surface area contributed by atoms with Crippen molar-refractivity contribution in [2.24, 2.45) is 0 Å². The predicted octanol–water partition coefficient (Wildman–Crippen LogP) is 3.48. The first-order valence-electron chi connectivity index (χ1n) is 11.0. The van der Waals surface area contributed by atoms with Gasteiger partial charge in [0.2, 0.25) is 11.9 Å². The van der Waals surface area contributed by atoms with Gasteiger partial charge in [0.15, 0.2) is 0 Å². The maximum Gasteiger partial charge on any atom is 0.247 e. The molecule has 1 fully saturated rings. The predicted molar refractivity (Wildman–Crippen MR) is 132 cm³/mol. The van der Waals surface area contributed by atoms with Crippen molar-refractivity contribution in [1.82, 2.24) is 19.5 Å². The summed E-state index contributed by atoms with van der Waals surface area (Å²) in [5, 5.41) is 10.9. The summed E-state index contributed by atoms with van der Waals surface area (Å²) in [4.78, 5) is 20.8. The molecule has 9 heteroatoms. The summed E-state index contributed by atoms with van der Waals surface area (Å²) in [6.45, 7) is 5.21. The standard InChI is InChI=1S/C24H31N7O2/c1-6-23(32)26-18-13-19(22(33-5)14-21(18)30(4)12-11-29(2)3)27-24-25-15-17-9-10-20(16-7-8-16)31(17)28-24/h6,9-10,13-16H,1,7-8,11-12H2,2-5H3,(H,26,32)(H,27,28). The van der Waals surface area contributed by atoms with E-state index in [2.05, 4.69) is 38.1 Å². The van der Waals surface area contributed by atoms with E-state index in [1.807, 2.05) is 43.9 Å². The number of carbonyl (C=O) groups is 1. The number of aromatic nitrogens is 3. The van der Waals surface area contributed by atoms with Gasteiger partial charge in [-0.1, -0.05) is 6.58 Å². The van der Waals surface area contributed by atoms with Gasteiger partial charge in [-0.05, 0) is 51.2 Å². The molecular weight excluding hydrogens is 418 g/mol. The lowest BCUT2D eigenvalue weighted by Gasteiger charge is -2.25. The molecule has 1 saturated carbocycles. The van der Waals surface area contributed by atoms with Crippen LogP contribution in [0.3, 0.4) is 0 Å². The van der Waals surface area contributed by atoms with Crippen molar-refractivity contribution in [2.45, 2.75) is 18.8 Å². The number of rotatable bonds is 10. The van der Waals surface area contributed by atoms with Gasteiger partial charge in [0.1, 0.15) is 5.75 Å². The molecule has 0 radical (unpaired) electrons. The Morgan fingerprint density at radius 1 is 1.24 bits per heavy atom. The van der Waals surface area contributed by atoms with Crippen molar-refractivity contribution in [3.05, 3.63) is 48.8 Å². The summed E-state index contributed by atoms with van der Waals surface area (Å²) in [5.41, 5.74) is 4.31. The molecule has 4 rings (SSSR count). The topological polar surface area (TPSA) is 87.0 Å². The number of carbonyl (C=O) groups excluding carboxylic acids is 1. The number of nitrogens with one attached hydrogen (secondary N) is 2. The van der Waals surface area contributed by atoms with Crippen molar-refractivity contribution >= 4 is 34.4 Å². The zero-order valence-corrected chi connectivity index (χ0v) is 19.6. The third kappa shape index (κ3) is 5.09. The Morgan fingerprint density at radius 3 is 2.70 bits per heavy atom. The highest BCUT2D eigenvalue weighted by molar-refractivity contribution is 6.02. The molecule has 1 aliphatic rings. The minimum absolute atomic E-state index is 0.285. The van der Waals surface area contributed by atoms with Gasteiger partial charge in [0.25, 0.3) is 0 Å². The number of methoxy groups -OCH3 is 1. The lowest BCUT2D eigenvalue weighted by Crippen LogP contribution is -2.29. The summed E-state index contributed by atoms with van der Waals surface area (Å²) >= 11 is 0. The molecule has 3 aromatic rings. The van der Waals surface area contributed by atoms with Gasteiger partial charge in [-0.3, -0.25) is 4.79 Å². The number of likely N-dealkylation sites (N-methyl/N-ethyl adjacent to an activating group) is 2. The Hall–Kier alpha value is -3.59. The minimum Gasteiger partial charge on any atom is -0.494 e. The van der Waals surface area contributed by atoms with Gasteiger partial charge >= 0.3 is 0 Å². The number of hydrogen-bond acceptors (Lipinski definition) is 7. The summed E-state index contributed by atoms with van der Waals surface area (Å²) < 4.78 is 7.62. The first kappa shape index (κ1) is 22.6. The van der Waals surface area contributed by atoms with Crippen LogP contribution in [0.15, 0.2) is 43.1 Å². The van der Waals surface area contributed by atoms with E-state index < -0.39 is 0 Å². The fraction of sp³-hybridized carbons (Fsp3) is 0.375. The summed E-state index contributed by atoms with van der Waals surface area (Å²) in [6.07, 6.45) is 5.45. The molecule has 1 aromatic carbocycles. The Bertz CT molecular complexity index is 1170. The third-order valence-corrected chi connectivity index (χ3v) is 5.72. The lowest BCUT2D eigenvalue weighted by atomic mass is 10.2. The van der Waals surface area contributed by atoms with Crippen LogP contribution in [0, 0.1) is 0 Å². The van der Waals surface area contributed by atoms with Crippen LogP contribution in [0.5, 0.6) is 5.75 Å². The molecule has 0 unspecified atom stereocenters. The SMILES string of the molecule is C=CC(=O)Nc1cc(Nc2ncc3ccc(C4CC4)n3n2)c(OC)cc1N(C)CCN(C)C. The fourth-order valence-electron chi connectivity index (χ4n) is 3.69. The highest BCUT2D eigenvalue weighted by Crippen LogP contribution is 2.41. The molecule has 1 aliphatic carbocycles. The zero-order chi connectivity index (χ0) is 23.5. The maximum atomic E-state index is 12.1. The van der Waals surface area contributed by atoms with Gasteiger partial charge in [-0.25, -0.2) is 9.50 Å². The van der Waals surface area contributed by atoms with Crippen molar-refractivity contribution in [3.63, 3.8) is 0 Å². The molecule has 9 nitrogen and oxygen atoms in total. The second kappa shape index (κ2) is 9.50. The summed E-state index contributed by atoms with van der Waals surface area (Å²) in [5.74, 6) is 1.36. The van der Waals surface area contributed by atoms with Crippen molar-refractivity contribution in [2.75, 3.05) is 56.9 Å². The number of anilines is 4. The molecule has 2 N–H and O–H groups in total. The molecular formula is C24H31N7O2. The first-order chi connectivity index (χ1) is 15.9. The molecule has 0 saturated heterocycles. The Balaban J connectivity index is 1.68. The van der Waals surface area contributed by atoms with Crippen LogP contribution in [-0.4, -0.2) is 66.7 Å². The molecule has 2 aromatic heterocycles. The average molecular weight is 450 g/mol.